The van der Waals surface area contributed by atoms with E-state index >= 15 is 0 Å². The molecule has 1 atom stereocenters. The van der Waals surface area contributed by atoms with Gasteiger partial charge in [0, 0.05) is 19.8 Å². The summed E-state index contributed by atoms with van der Waals surface area (Å²) in [6.07, 6.45) is 1.57. The number of aromatic nitrogens is 2. The largest absolute Gasteiger partial charge is 1.00 e. The molecule has 1 N–H and O–H groups in total. The number of nitrogens with zero attached hydrogens (tertiary/aromatic N) is 2. The van der Waals surface area contributed by atoms with E-state index in [1.807, 2.05) is 32.0 Å². The van der Waals surface area contributed by atoms with Crippen LogP contribution in [0.25, 0.3) is 0 Å². The van der Waals surface area contributed by atoms with Gasteiger partial charge in [-0.25, -0.2) is 0 Å². The second-order valence-electron chi connectivity index (χ2n) is 4.87. The van der Waals surface area contributed by atoms with Gasteiger partial charge in [0.05, 0.1) is 17.7 Å². The number of carboxylic acids is 1. The van der Waals surface area contributed by atoms with Crippen molar-refractivity contribution in [2.24, 2.45) is 7.05 Å². The third-order valence-electron chi connectivity index (χ3n) is 3.60. The van der Waals surface area contributed by atoms with Gasteiger partial charge in [-0.3, -0.25) is 10.00 Å². The first-order valence-electron chi connectivity index (χ1n) is 6.48. The Bertz CT molecular complexity index is 625. The van der Waals surface area contributed by atoms with Gasteiger partial charge < -0.3 is 9.90 Å². The number of nitrogens with one attached hydrogen (secondary N) is 1. The third-order valence-corrected chi connectivity index (χ3v) is 3.60. The van der Waals surface area contributed by atoms with E-state index in [2.05, 4.69) is 10.4 Å². The Morgan fingerprint density at radius 2 is 2.10 bits per heavy atom. The van der Waals surface area contributed by atoms with Crippen LogP contribution in [0, 0.1) is 13.8 Å². The van der Waals surface area contributed by atoms with Crippen LogP contribution in [0.1, 0.15) is 28.4 Å². The average molecular weight is 295 g/mol. The minimum Gasteiger partial charge on any atom is -0.548 e. The van der Waals surface area contributed by atoms with Gasteiger partial charge in [0.2, 0.25) is 0 Å². The summed E-state index contributed by atoms with van der Waals surface area (Å²) in [6, 6.07) is 6.80. The molecule has 0 amide bonds. The normalized spacial score (nSPS) is 11.8. The Morgan fingerprint density at radius 3 is 2.67 bits per heavy atom. The van der Waals surface area contributed by atoms with Crippen molar-refractivity contribution in [3.8, 4) is 0 Å². The summed E-state index contributed by atoms with van der Waals surface area (Å²) in [5.41, 5.74) is 4.02. The predicted molar refractivity (Wildman–Crippen MR) is 73.7 cm³/mol. The summed E-state index contributed by atoms with van der Waals surface area (Å²) < 4.78 is 1.54. The molecule has 0 radical (unpaired) electrons. The van der Waals surface area contributed by atoms with E-state index in [-0.39, 0.29) is 29.6 Å². The average Bonchev–Trinajstić information content (AvgIpc) is 2.81. The van der Waals surface area contributed by atoms with Crippen LogP contribution in [-0.2, 0) is 18.4 Å². The number of aliphatic carboxylic acids is 1. The van der Waals surface area contributed by atoms with Crippen molar-refractivity contribution in [1.29, 1.82) is 0 Å². The molecule has 0 bridgehead atoms. The van der Waals surface area contributed by atoms with Crippen molar-refractivity contribution in [2.75, 3.05) is 0 Å². The fraction of sp³-hybridized carbons (Fsp3) is 0.333. The number of carbonyl (C=O) groups is 1. The zero-order valence-electron chi connectivity index (χ0n) is 12.9. The van der Waals surface area contributed by atoms with Gasteiger partial charge in [-0.2, -0.15) is 5.10 Å². The number of rotatable bonds is 5. The molecule has 5 nitrogen and oxygen atoms in total. The fourth-order valence-corrected chi connectivity index (χ4v) is 2.19. The van der Waals surface area contributed by atoms with E-state index in [4.69, 9.17) is 0 Å². The number of carbonyl (C=O) groups excluding carboxylic acids is 1. The maximum absolute atomic E-state index is 11.3. The van der Waals surface area contributed by atoms with E-state index in [0.29, 0.717) is 12.2 Å². The SMILES string of the molecule is Cc1cccc(CNC(C(=O)[O-])c2ccnn2C)c1C.[Na+]. The van der Waals surface area contributed by atoms with Crippen molar-refractivity contribution in [3.05, 3.63) is 52.8 Å². The van der Waals surface area contributed by atoms with E-state index in [1.165, 1.54) is 15.8 Å². The second kappa shape index (κ2) is 7.75. The smallest absolute Gasteiger partial charge is 0.548 e. The fourth-order valence-electron chi connectivity index (χ4n) is 2.19. The van der Waals surface area contributed by atoms with Crippen molar-refractivity contribution in [1.82, 2.24) is 15.1 Å². The number of carboxylic acid groups (broad SMARTS) is 1. The second-order valence-corrected chi connectivity index (χ2v) is 4.87. The molecule has 0 saturated heterocycles. The molecular formula is C15H18N3NaO2. The maximum atomic E-state index is 11.3. The third kappa shape index (κ3) is 4.17. The topological polar surface area (TPSA) is 70.0 Å². The van der Waals surface area contributed by atoms with Crippen molar-refractivity contribution in [3.63, 3.8) is 0 Å². The molecule has 21 heavy (non-hydrogen) atoms. The number of hydrogen-bond donors (Lipinski definition) is 1. The van der Waals surface area contributed by atoms with Crippen LogP contribution >= 0.6 is 0 Å². The van der Waals surface area contributed by atoms with E-state index < -0.39 is 12.0 Å². The number of hydrogen-bond acceptors (Lipinski definition) is 4. The summed E-state index contributed by atoms with van der Waals surface area (Å²) in [5, 5.41) is 18.3. The molecular weight excluding hydrogens is 277 g/mol. The molecule has 0 saturated carbocycles. The summed E-state index contributed by atoms with van der Waals surface area (Å²) in [7, 11) is 1.71. The van der Waals surface area contributed by atoms with Gasteiger partial charge >= 0.3 is 29.6 Å². The zero-order chi connectivity index (χ0) is 14.7. The molecule has 2 aromatic rings. The summed E-state index contributed by atoms with van der Waals surface area (Å²) in [4.78, 5) is 11.3. The Labute approximate surface area is 146 Å². The Balaban J connectivity index is 0.00000220. The molecule has 2 rings (SSSR count). The van der Waals surface area contributed by atoms with Gasteiger partial charge in [0.1, 0.15) is 0 Å². The predicted octanol–water partition coefficient (Wildman–Crippen LogP) is -2.38. The Morgan fingerprint density at radius 1 is 1.38 bits per heavy atom. The van der Waals surface area contributed by atoms with Crippen molar-refractivity contribution >= 4 is 5.97 Å². The molecule has 106 valence electrons. The van der Waals surface area contributed by atoms with Crippen LogP contribution in [0.2, 0.25) is 0 Å². The number of aryl methyl sites for hydroxylation is 2. The van der Waals surface area contributed by atoms with Gasteiger partial charge in [-0.15, -0.1) is 0 Å². The monoisotopic (exact) mass is 295 g/mol. The maximum Gasteiger partial charge on any atom is 1.00 e. The van der Waals surface area contributed by atoms with Gasteiger partial charge in [-0.05, 0) is 36.6 Å². The minimum absolute atomic E-state index is 0. The summed E-state index contributed by atoms with van der Waals surface area (Å²) in [6.45, 7) is 4.54. The molecule has 0 spiro atoms. The van der Waals surface area contributed by atoms with Crippen LogP contribution in [0.3, 0.4) is 0 Å². The molecule has 0 aliphatic rings. The molecule has 1 aromatic heterocycles. The van der Waals surface area contributed by atoms with Crippen LogP contribution in [0.4, 0.5) is 0 Å². The molecule has 0 fully saturated rings. The van der Waals surface area contributed by atoms with Gasteiger partial charge in [-0.1, -0.05) is 18.2 Å². The summed E-state index contributed by atoms with van der Waals surface area (Å²) in [5.74, 6) is -1.15. The van der Waals surface area contributed by atoms with Gasteiger partial charge in [0.25, 0.3) is 0 Å². The standard InChI is InChI=1S/C15H19N3O2.Na/c1-10-5-4-6-12(11(10)2)9-16-14(15(19)20)13-7-8-17-18(13)3;/h4-8,14,16H,9H2,1-3H3,(H,19,20);/q;+1/p-1. The van der Waals surface area contributed by atoms with E-state index in [0.717, 1.165) is 5.56 Å². The molecule has 1 heterocycles. The van der Waals surface area contributed by atoms with Gasteiger partial charge in [0.15, 0.2) is 0 Å². The van der Waals surface area contributed by atoms with Crippen molar-refractivity contribution in [2.45, 2.75) is 26.4 Å². The first-order valence-corrected chi connectivity index (χ1v) is 6.48. The van der Waals surface area contributed by atoms with Crippen molar-refractivity contribution < 1.29 is 39.5 Å². The summed E-state index contributed by atoms with van der Waals surface area (Å²) >= 11 is 0. The quantitative estimate of drug-likeness (QED) is 0.626. The molecule has 1 unspecified atom stereocenters. The van der Waals surface area contributed by atoms with Crippen LogP contribution < -0.4 is 40.0 Å². The number of benzene rings is 1. The van der Waals surface area contributed by atoms with Crippen LogP contribution in [-0.4, -0.2) is 15.7 Å². The molecule has 6 heteroatoms. The van der Waals surface area contributed by atoms with E-state index in [9.17, 15) is 9.90 Å². The van der Waals surface area contributed by atoms with E-state index in [1.54, 1.807) is 19.3 Å². The first kappa shape index (κ1) is 17.9. The molecule has 0 aliphatic heterocycles. The zero-order valence-corrected chi connectivity index (χ0v) is 14.9. The Hall–Kier alpha value is -1.14. The van der Waals surface area contributed by atoms with Crippen LogP contribution in [0.15, 0.2) is 30.5 Å². The first-order chi connectivity index (χ1) is 9.50. The molecule has 1 aromatic carbocycles. The Kier molecular flexibility index (Phi) is 6.61. The minimum atomic E-state index is -1.15. The van der Waals surface area contributed by atoms with Crippen LogP contribution in [0.5, 0.6) is 0 Å². The molecule has 0 aliphatic carbocycles.